The third kappa shape index (κ3) is 4.86. The average Bonchev–Trinajstić information content (AvgIpc) is 3.63. The predicted molar refractivity (Wildman–Crippen MR) is 194 cm³/mol. The van der Waals surface area contributed by atoms with Gasteiger partial charge in [-0.2, -0.15) is 0 Å². The first-order valence-electron chi connectivity index (χ1n) is 15.8. The Morgan fingerprint density at radius 1 is 0.426 bits per heavy atom. The first-order chi connectivity index (χ1) is 23.3. The number of rotatable bonds is 5. The fourth-order valence-electron chi connectivity index (χ4n) is 6.72. The van der Waals surface area contributed by atoms with Gasteiger partial charge < -0.3 is 4.42 Å². The highest BCUT2D eigenvalue weighted by molar-refractivity contribution is 6.05. The van der Waals surface area contributed by atoms with E-state index in [2.05, 4.69) is 157 Å². The highest BCUT2D eigenvalue weighted by atomic mass is 16.3. The number of benzene rings is 7. The van der Waals surface area contributed by atoms with Crippen LogP contribution in [0.15, 0.2) is 175 Å². The Hall–Kier alpha value is -6.32. The van der Waals surface area contributed by atoms with E-state index >= 15 is 0 Å². The Balaban J connectivity index is 1.23. The molecule has 0 unspecified atom stereocenters. The zero-order valence-corrected chi connectivity index (χ0v) is 25.5. The number of oxazole rings is 1. The average molecular weight is 601 g/mol. The third-order valence-electron chi connectivity index (χ3n) is 9.00. The van der Waals surface area contributed by atoms with Gasteiger partial charge in [-0.25, -0.2) is 9.97 Å². The van der Waals surface area contributed by atoms with Crippen molar-refractivity contribution in [3.63, 3.8) is 0 Å². The van der Waals surface area contributed by atoms with Crippen molar-refractivity contribution in [1.29, 1.82) is 0 Å². The van der Waals surface area contributed by atoms with E-state index in [4.69, 9.17) is 9.40 Å². The van der Waals surface area contributed by atoms with Gasteiger partial charge in [0.05, 0.1) is 11.4 Å². The molecule has 0 aliphatic heterocycles. The van der Waals surface area contributed by atoms with Crippen molar-refractivity contribution < 1.29 is 4.42 Å². The first-order valence-corrected chi connectivity index (χ1v) is 15.8. The topological polar surface area (TPSA) is 38.9 Å². The molecule has 2 heterocycles. The first kappa shape index (κ1) is 27.0. The summed E-state index contributed by atoms with van der Waals surface area (Å²) >= 11 is 0. The minimum absolute atomic E-state index is 0.790. The van der Waals surface area contributed by atoms with Crippen molar-refractivity contribution in [2.24, 2.45) is 0 Å². The molecule has 0 fully saturated rings. The van der Waals surface area contributed by atoms with Crippen LogP contribution < -0.4 is 0 Å². The summed E-state index contributed by atoms with van der Waals surface area (Å²) in [7, 11) is 0. The molecular formula is C44H28N2O. The van der Waals surface area contributed by atoms with E-state index in [1.165, 1.54) is 33.7 Å². The van der Waals surface area contributed by atoms with Gasteiger partial charge in [0, 0.05) is 16.5 Å². The Morgan fingerprint density at radius 2 is 1.11 bits per heavy atom. The van der Waals surface area contributed by atoms with Crippen LogP contribution in [0.5, 0.6) is 0 Å². The molecule has 0 aliphatic rings. The molecule has 2 aromatic heterocycles. The van der Waals surface area contributed by atoms with E-state index in [0.29, 0.717) is 0 Å². The lowest BCUT2D eigenvalue weighted by Crippen LogP contribution is -1.93. The van der Waals surface area contributed by atoms with Crippen molar-refractivity contribution in [2.45, 2.75) is 0 Å². The quantitative estimate of drug-likeness (QED) is 0.197. The largest absolute Gasteiger partial charge is 0.443 e. The van der Waals surface area contributed by atoms with Gasteiger partial charge in [0.1, 0.15) is 5.52 Å². The Morgan fingerprint density at radius 3 is 2.00 bits per heavy atom. The van der Waals surface area contributed by atoms with Crippen LogP contribution >= 0.6 is 0 Å². The lowest BCUT2D eigenvalue weighted by Gasteiger charge is -2.16. The lowest BCUT2D eigenvalue weighted by molar-refractivity contribution is 0.602. The van der Waals surface area contributed by atoms with Crippen molar-refractivity contribution in [1.82, 2.24) is 9.97 Å². The number of pyridine rings is 1. The molecule has 3 nitrogen and oxygen atoms in total. The highest BCUT2D eigenvalue weighted by Gasteiger charge is 2.16. The minimum Gasteiger partial charge on any atom is -0.443 e. The maximum Gasteiger partial charge on any atom is 0.181 e. The fraction of sp³-hybridized carbons (Fsp3) is 0. The van der Waals surface area contributed by atoms with E-state index < -0.39 is 0 Å². The molecule has 9 aromatic rings. The van der Waals surface area contributed by atoms with Gasteiger partial charge in [0.2, 0.25) is 0 Å². The molecule has 220 valence electrons. The number of aromatic nitrogens is 2. The molecule has 9 rings (SSSR count). The van der Waals surface area contributed by atoms with Crippen molar-refractivity contribution in [3.05, 3.63) is 170 Å². The van der Waals surface area contributed by atoms with Crippen molar-refractivity contribution in [2.75, 3.05) is 0 Å². The summed E-state index contributed by atoms with van der Waals surface area (Å²) in [4.78, 5) is 9.64. The monoisotopic (exact) mass is 600 g/mol. The molecule has 0 atom stereocenters. The normalized spacial score (nSPS) is 11.4. The van der Waals surface area contributed by atoms with Gasteiger partial charge in [0.25, 0.3) is 0 Å². The van der Waals surface area contributed by atoms with Gasteiger partial charge in [-0.1, -0.05) is 133 Å². The number of hydrogen-bond donors (Lipinski definition) is 0. The molecule has 0 saturated carbocycles. The van der Waals surface area contributed by atoms with Crippen LogP contribution in [-0.4, -0.2) is 9.97 Å². The van der Waals surface area contributed by atoms with Crippen LogP contribution in [0, 0.1) is 0 Å². The van der Waals surface area contributed by atoms with Gasteiger partial charge in [-0.15, -0.1) is 0 Å². The molecule has 0 N–H and O–H groups in total. The van der Waals surface area contributed by atoms with Gasteiger partial charge in [-0.3, -0.25) is 0 Å². The smallest absolute Gasteiger partial charge is 0.181 e. The molecule has 7 aromatic carbocycles. The summed E-state index contributed by atoms with van der Waals surface area (Å²) in [6, 6.07) is 58.1. The molecule has 0 radical (unpaired) electrons. The van der Waals surface area contributed by atoms with Crippen LogP contribution in [0.3, 0.4) is 0 Å². The van der Waals surface area contributed by atoms with Crippen LogP contribution in [-0.2, 0) is 0 Å². The zero-order chi connectivity index (χ0) is 31.2. The number of nitrogens with zero attached hydrogens (tertiary/aromatic N) is 2. The summed E-state index contributed by atoms with van der Waals surface area (Å²) in [5, 5.41) is 4.74. The summed E-state index contributed by atoms with van der Waals surface area (Å²) < 4.78 is 5.49. The standard InChI is InChI=1S/C44H28N2O/c1-2-11-30(12-3-1)40-27-34-13-5-7-19-39(34)44(46-40)36-17-9-15-33(25-36)38-22-20-29-10-4-6-18-37(29)43(38)35-16-8-14-31(24-35)32-21-23-42-41(26-32)45-28-47-42/h1-28H. The molecule has 0 saturated heterocycles. The fourth-order valence-corrected chi connectivity index (χ4v) is 6.72. The molecule has 47 heavy (non-hydrogen) atoms. The van der Waals surface area contributed by atoms with Crippen molar-refractivity contribution in [3.8, 4) is 55.9 Å². The summed E-state index contributed by atoms with van der Waals surface area (Å²) in [6.07, 6.45) is 1.50. The van der Waals surface area contributed by atoms with Crippen molar-refractivity contribution >= 4 is 32.6 Å². The Kier molecular flexibility index (Phi) is 6.46. The highest BCUT2D eigenvalue weighted by Crippen LogP contribution is 2.41. The van der Waals surface area contributed by atoms with E-state index in [0.717, 1.165) is 61.3 Å². The van der Waals surface area contributed by atoms with E-state index in [9.17, 15) is 0 Å². The maximum absolute atomic E-state index is 5.49. The Bertz CT molecular complexity index is 2580. The number of hydrogen-bond acceptors (Lipinski definition) is 3. The second kappa shape index (κ2) is 11.2. The SMILES string of the molecule is c1ccc(-c2cc3ccccc3c(-c3cccc(-c4ccc5ccccc5c4-c4cccc(-c5ccc6ocnc6c5)c4)c3)n2)cc1. The molecule has 3 heteroatoms. The second-order valence-corrected chi connectivity index (χ2v) is 11.8. The van der Waals surface area contributed by atoms with Crippen LogP contribution in [0.4, 0.5) is 0 Å². The maximum atomic E-state index is 5.49. The van der Waals surface area contributed by atoms with Crippen LogP contribution in [0.1, 0.15) is 0 Å². The lowest BCUT2D eigenvalue weighted by atomic mass is 9.88. The summed E-state index contributed by atoms with van der Waals surface area (Å²) in [6.45, 7) is 0. The molecule has 0 aliphatic carbocycles. The third-order valence-corrected chi connectivity index (χ3v) is 9.00. The predicted octanol–water partition coefficient (Wildman–Crippen LogP) is 11.9. The van der Waals surface area contributed by atoms with E-state index in [1.54, 1.807) is 0 Å². The van der Waals surface area contributed by atoms with E-state index in [-0.39, 0.29) is 0 Å². The molecule has 0 bridgehead atoms. The number of fused-ring (bicyclic) bond motifs is 3. The zero-order valence-electron chi connectivity index (χ0n) is 25.5. The molecule has 0 amide bonds. The molecule has 0 spiro atoms. The second-order valence-electron chi connectivity index (χ2n) is 11.8. The minimum atomic E-state index is 0.790. The van der Waals surface area contributed by atoms with Gasteiger partial charge in [0.15, 0.2) is 12.0 Å². The van der Waals surface area contributed by atoms with Crippen LogP contribution in [0.2, 0.25) is 0 Å². The summed E-state index contributed by atoms with van der Waals surface area (Å²) in [5.74, 6) is 0. The van der Waals surface area contributed by atoms with Gasteiger partial charge in [-0.05, 0) is 79.9 Å². The van der Waals surface area contributed by atoms with Crippen LogP contribution in [0.25, 0.3) is 88.5 Å². The van der Waals surface area contributed by atoms with E-state index in [1.807, 2.05) is 12.1 Å². The van der Waals surface area contributed by atoms with Gasteiger partial charge >= 0.3 is 0 Å². The summed E-state index contributed by atoms with van der Waals surface area (Å²) in [5.41, 5.74) is 12.7. The molecular weight excluding hydrogens is 572 g/mol. The Labute approximate surface area is 272 Å².